The molecule has 0 aliphatic carbocycles. The Morgan fingerprint density at radius 3 is 2.20 bits per heavy atom. The summed E-state index contributed by atoms with van der Waals surface area (Å²) in [5, 5.41) is 0. The first-order valence-corrected chi connectivity index (χ1v) is 5.92. The first-order valence-electron chi connectivity index (χ1n) is 5.92. The molecular weight excluding hydrogens is 295 g/mol. The fourth-order valence-corrected chi connectivity index (χ4v) is 1.37. The Morgan fingerprint density at radius 1 is 1.13 bits per heavy atom. The predicted octanol–water partition coefficient (Wildman–Crippen LogP) is 2.63. The predicted molar refractivity (Wildman–Crippen MR) is 67.7 cm³/mol. The monoisotopic (exact) mass is 322 g/mol. The molecular formula is C12H26O2Sn. The van der Waals surface area contributed by atoms with Crippen molar-refractivity contribution < 1.29 is 9.53 Å². The second-order valence-electron chi connectivity index (χ2n) is 3.77. The Kier molecular flexibility index (Phi) is 14.5. The van der Waals surface area contributed by atoms with Gasteiger partial charge in [-0.05, 0) is 19.3 Å². The third kappa shape index (κ3) is 9.21. The van der Waals surface area contributed by atoms with Crippen LogP contribution in [0.4, 0.5) is 0 Å². The quantitative estimate of drug-likeness (QED) is 0.390. The first-order chi connectivity index (χ1) is 6.76. The number of ether oxygens (including phenoxy) is 1. The van der Waals surface area contributed by atoms with Crippen molar-refractivity contribution in [3.8, 4) is 0 Å². The average Bonchev–Trinajstić information content (AvgIpc) is 2.19. The number of carbonyl (C=O) groups excluding carboxylic acids is 1. The van der Waals surface area contributed by atoms with Crippen LogP contribution in [0, 0.1) is 5.92 Å². The zero-order valence-corrected chi connectivity index (χ0v) is 14.6. The molecule has 0 heterocycles. The molecule has 0 aromatic carbocycles. The molecule has 0 fully saturated rings. The maximum absolute atomic E-state index is 11.5. The van der Waals surface area contributed by atoms with E-state index < -0.39 is 0 Å². The molecule has 0 aromatic rings. The van der Waals surface area contributed by atoms with Crippen molar-refractivity contribution >= 4 is 29.9 Å². The minimum atomic E-state index is 0. The van der Waals surface area contributed by atoms with Gasteiger partial charge in [-0.2, -0.15) is 0 Å². The van der Waals surface area contributed by atoms with Gasteiger partial charge in [-0.25, -0.2) is 0 Å². The van der Waals surface area contributed by atoms with Crippen LogP contribution in [0.2, 0.25) is 0 Å². The molecule has 0 aromatic heterocycles. The van der Waals surface area contributed by atoms with Gasteiger partial charge in [0.05, 0.1) is 12.5 Å². The second kappa shape index (κ2) is 12.3. The summed E-state index contributed by atoms with van der Waals surface area (Å²) in [5.74, 6) is 0.140. The molecule has 0 bridgehead atoms. The summed E-state index contributed by atoms with van der Waals surface area (Å²) in [4.78, 5) is 11.5. The van der Waals surface area contributed by atoms with Gasteiger partial charge in [0.25, 0.3) is 0 Å². The van der Waals surface area contributed by atoms with Crippen molar-refractivity contribution in [3.05, 3.63) is 0 Å². The van der Waals surface area contributed by atoms with E-state index in [1.165, 1.54) is 0 Å². The summed E-state index contributed by atoms with van der Waals surface area (Å²) in [7, 11) is 0. The molecule has 90 valence electrons. The summed E-state index contributed by atoms with van der Waals surface area (Å²) in [6, 6.07) is 0. The van der Waals surface area contributed by atoms with E-state index >= 15 is 0 Å². The molecule has 0 N–H and O–H groups in total. The fraction of sp³-hybridized carbons (Fsp3) is 0.917. The molecule has 0 aliphatic rings. The minimum absolute atomic E-state index is 0. The standard InChI is InChI=1S/C12H24O2.Sn.2H/c1-4-7-9-11(6-3)12(13)14-10-8-5-2;;;/h11H,4-10H2,1-3H3;;;. The van der Waals surface area contributed by atoms with Crippen LogP contribution in [0.25, 0.3) is 0 Å². The summed E-state index contributed by atoms with van der Waals surface area (Å²) in [6.45, 7) is 6.90. The Bertz CT molecular complexity index is 149. The van der Waals surface area contributed by atoms with E-state index in [1.807, 2.05) is 0 Å². The van der Waals surface area contributed by atoms with E-state index in [1.54, 1.807) is 0 Å². The fourth-order valence-electron chi connectivity index (χ4n) is 1.37. The second-order valence-corrected chi connectivity index (χ2v) is 3.77. The van der Waals surface area contributed by atoms with Gasteiger partial charge in [0.1, 0.15) is 0 Å². The topological polar surface area (TPSA) is 26.3 Å². The molecule has 0 rings (SSSR count). The van der Waals surface area contributed by atoms with Crippen LogP contribution in [0.15, 0.2) is 0 Å². The number of unbranched alkanes of at least 4 members (excludes halogenated alkanes) is 2. The molecule has 0 spiro atoms. The zero-order valence-electron chi connectivity index (χ0n) is 10.6. The third-order valence-corrected chi connectivity index (χ3v) is 2.47. The van der Waals surface area contributed by atoms with E-state index in [0.29, 0.717) is 6.61 Å². The number of esters is 1. The van der Waals surface area contributed by atoms with Crippen molar-refractivity contribution in [3.63, 3.8) is 0 Å². The molecule has 2 radical (unpaired) electrons. The van der Waals surface area contributed by atoms with Crippen LogP contribution in [0.3, 0.4) is 0 Å². The van der Waals surface area contributed by atoms with Crippen LogP contribution in [-0.2, 0) is 9.53 Å². The molecule has 0 saturated carbocycles. The Labute approximate surface area is 111 Å². The van der Waals surface area contributed by atoms with Crippen LogP contribution in [0.5, 0.6) is 0 Å². The number of rotatable bonds is 8. The zero-order chi connectivity index (χ0) is 10.8. The number of hydrogen-bond acceptors (Lipinski definition) is 2. The van der Waals surface area contributed by atoms with E-state index in [4.69, 9.17) is 4.74 Å². The molecule has 1 atom stereocenters. The van der Waals surface area contributed by atoms with Crippen molar-refractivity contribution in [2.24, 2.45) is 5.92 Å². The normalized spacial score (nSPS) is 11.7. The average molecular weight is 321 g/mol. The third-order valence-electron chi connectivity index (χ3n) is 2.47. The summed E-state index contributed by atoms with van der Waals surface area (Å²) in [5.41, 5.74) is 0. The van der Waals surface area contributed by atoms with Gasteiger partial charge in [-0.1, -0.05) is 40.0 Å². The molecule has 0 aliphatic heterocycles. The van der Waals surface area contributed by atoms with E-state index in [2.05, 4.69) is 20.8 Å². The van der Waals surface area contributed by atoms with Crippen molar-refractivity contribution in [1.82, 2.24) is 0 Å². The first kappa shape index (κ1) is 17.7. The summed E-state index contributed by atoms with van der Waals surface area (Å²) >= 11 is 0. The number of hydrogen-bond donors (Lipinski definition) is 0. The molecule has 2 nitrogen and oxygen atoms in total. The summed E-state index contributed by atoms with van der Waals surface area (Å²) in [6.07, 6.45) is 6.23. The van der Waals surface area contributed by atoms with E-state index in [9.17, 15) is 4.79 Å². The van der Waals surface area contributed by atoms with Gasteiger partial charge in [0.2, 0.25) is 0 Å². The van der Waals surface area contributed by atoms with Crippen molar-refractivity contribution in [1.29, 1.82) is 0 Å². The van der Waals surface area contributed by atoms with Crippen LogP contribution in [-0.4, -0.2) is 36.5 Å². The molecule has 0 saturated heterocycles. The number of carbonyl (C=O) groups is 1. The van der Waals surface area contributed by atoms with Gasteiger partial charge in [0, 0.05) is 0 Å². The SMILES string of the molecule is CCCCOC(=O)C(CC)CCCC.[SnH2]. The van der Waals surface area contributed by atoms with Crippen LogP contribution >= 0.6 is 0 Å². The molecule has 1 unspecified atom stereocenters. The Balaban J connectivity index is 0. The molecule has 15 heavy (non-hydrogen) atoms. The van der Waals surface area contributed by atoms with Crippen molar-refractivity contribution in [2.45, 2.75) is 59.3 Å². The van der Waals surface area contributed by atoms with E-state index in [-0.39, 0.29) is 35.8 Å². The van der Waals surface area contributed by atoms with Gasteiger partial charge in [-0.3, -0.25) is 4.79 Å². The van der Waals surface area contributed by atoms with Gasteiger partial charge in [-0.15, -0.1) is 0 Å². The summed E-state index contributed by atoms with van der Waals surface area (Å²) < 4.78 is 5.19. The Morgan fingerprint density at radius 2 is 1.73 bits per heavy atom. The van der Waals surface area contributed by atoms with Gasteiger partial charge < -0.3 is 4.74 Å². The molecule has 0 amide bonds. The van der Waals surface area contributed by atoms with Crippen molar-refractivity contribution in [2.75, 3.05) is 6.61 Å². The van der Waals surface area contributed by atoms with Gasteiger partial charge >= 0.3 is 29.9 Å². The van der Waals surface area contributed by atoms with E-state index in [0.717, 1.165) is 38.5 Å². The molecule has 3 heteroatoms. The Hall–Kier alpha value is 0.269. The van der Waals surface area contributed by atoms with Crippen LogP contribution in [0.1, 0.15) is 59.3 Å². The maximum atomic E-state index is 11.5. The van der Waals surface area contributed by atoms with Gasteiger partial charge in [0.15, 0.2) is 0 Å². The van der Waals surface area contributed by atoms with Crippen LogP contribution < -0.4 is 0 Å².